The number of carbonyl (C=O) groups excluding carboxylic acids is 1. The highest BCUT2D eigenvalue weighted by Crippen LogP contribution is 2.39. The maximum atomic E-state index is 12.9. The van der Waals surface area contributed by atoms with Gasteiger partial charge in [0.1, 0.15) is 5.82 Å². The number of nitrogens with zero attached hydrogens (tertiary/aromatic N) is 1. The first-order chi connectivity index (χ1) is 8.45. The molecule has 1 aliphatic rings. The van der Waals surface area contributed by atoms with E-state index in [-0.39, 0.29) is 17.1 Å². The molecule has 1 saturated heterocycles. The summed E-state index contributed by atoms with van der Waals surface area (Å²) < 4.78 is 12.9. The minimum absolute atomic E-state index is 0.162. The van der Waals surface area contributed by atoms with Crippen molar-refractivity contribution in [3.05, 3.63) is 30.1 Å². The van der Waals surface area contributed by atoms with Gasteiger partial charge in [0.2, 0.25) is 5.91 Å². The molecule has 2 nitrogen and oxygen atoms in total. The zero-order chi connectivity index (χ0) is 13.3. The van der Waals surface area contributed by atoms with Gasteiger partial charge >= 0.3 is 0 Å². The monoisotopic (exact) mass is 249 g/mol. The topological polar surface area (TPSA) is 20.3 Å². The van der Waals surface area contributed by atoms with E-state index in [1.165, 1.54) is 12.1 Å². The van der Waals surface area contributed by atoms with Gasteiger partial charge in [0.05, 0.1) is 0 Å². The lowest BCUT2D eigenvalue weighted by Gasteiger charge is -2.42. The predicted molar refractivity (Wildman–Crippen MR) is 70.9 cm³/mol. The summed E-state index contributed by atoms with van der Waals surface area (Å²) in [5.41, 5.74) is 0.500. The molecule has 2 rings (SSSR count). The molecule has 1 aliphatic heterocycles. The second-order valence-electron chi connectivity index (χ2n) is 5.61. The summed E-state index contributed by atoms with van der Waals surface area (Å²) in [5.74, 6) is 0.207. The van der Waals surface area contributed by atoms with E-state index in [0.717, 1.165) is 25.1 Å². The van der Waals surface area contributed by atoms with E-state index in [4.69, 9.17) is 0 Å². The fourth-order valence-corrected chi connectivity index (χ4v) is 2.52. The highest BCUT2D eigenvalue weighted by atomic mass is 19.1. The first-order valence-electron chi connectivity index (χ1n) is 6.52. The van der Waals surface area contributed by atoms with Gasteiger partial charge in [-0.25, -0.2) is 4.39 Å². The number of rotatable bonds is 2. The lowest BCUT2D eigenvalue weighted by Crippen LogP contribution is -2.49. The van der Waals surface area contributed by atoms with Gasteiger partial charge in [-0.05, 0) is 43.0 Å². The molecule has 0 aromatic heterocycles. The molecule has 1 amide bonds. The van der Waals surface area contributed by atoms with Crippen LogP contribution in [0, 0.1) is 17.2 Å². The van der Waals surface area contributed by atoms with Gasteiger partial charge in [-0.3, -0.25) is 4.79 Å². The quantitative estimate of drug-likeness (QED) is 0.784. The predicted octanol–water partition coefficient (Wildman–Crippen LogP) is 3.61. The number of hydrogen-bond acceptors (Lipinski definition) is 1. The highest BCUT2D eigenvalue weighted by molar-refractivity contribution is 5.98. The smallest absolute Gasteiger partial charge is 0.233 e. The second kappa shape index (κ2) is 4.71. The van der Waals surface area contributed by atoms with Crippen molar-refractivity contribution in [2.75, 3.05) is 11.4 Å². The Morgan fingerprint density at radius 3 is 2.44 bits per heavy atom. The molecule has 0 radical (unpaired) electrons. The van der Waals surface area contributed by atoms with Gasteiger partial charge in [0.15, 0.2) is 0 Å². The third-order valence-electron chi connectivity index (χ3n) is 4.22. The Bertz CT molecular complexity index is 440. The summed E-state index contributed by atoms with van der Waals surface area (Å²) in [6, 6.07) is 6.17. The molecule has 98 valence electrons. The molecule has 1 heterocycles. The van der Waals surface area contributed by atoms with Crippen LogP contribution >= 0.6 is 0 Å². The van der Waals surface area contributed by atoms with Crippen LogP contribution in [-0.4, -0.2) is 12.5 Å². The summed E-state index contributed by atoms with van der Waals surface area (Å²) in [4.78, 5) is 14.4. The van der Waals surface area contributed by atoms with Crippen LogP contribution in [0.1, 0.15) is 33.6 Å². The van der Waals surface area contributed by atoms with E-state index in [9.17, 15) is 9.18 Å². The van der Waals surface area contributed by atoms with Crippen LogP contribution in [0.3, 0.4) is 0 Å². The Kier molecular flexibility index (Phi) is 3.42. The van der Waals surface area contributed by atoms with Crippen LogP contribution in [0.4, 0.5) is 10.1 Å². The average molecular weight is 249 g/mol. The van der Waals surface area contributed by atoms with Crippen molar-refractivity contribution >= 4 is 11.6 Å². The molecule has 0 aliphatic carbocycles. The molecule has 18 heavy (non-hydrogen) atoms. The molecule has 1 fully saturated rings. The Labute approximate surface area is 108 Å². The first-order valence-corrected chi connectivity index (χ1v) is 6.52. The molecular formula is C15H20FNO. The van der Waals surface area contributed by atoms with Crippen molar-refractivity contribution in [3.8, 4) is 0 Å². The van der Waals surface area contributed by atoms with Gasteiger partial charge in [-0.2, -0.15) is 0 Å². The van der Waals surface area contributed by atoms with Crippen molar-refractivity contribution in [2.24, 2.45) is 11.3 Å². The Morgan fingerprint density at radius 1 is 1.28 bits per heavy atom. The van der Waals surface area contributed by atoms with E-state index in [1.54, 1.807) is 17.0 Å². The lowest BCUT2D eigenvalue weighted by molar-refractivity contribution is -0.131. The van der Waals surface area contributed by atoms with Crippen LogP contribution in [0.2, 0.25) is 0 Å². The third kappa shape index (κ3) is 2.14. The van der Waals surface area contributed by atoms with Gasteiger partial charge in [-0.15, -0.1) is 0 Å². The zero-order valence-corrected chi connectivity index (χ0v) is 11.2. The van der Waals surface area contributed by atoms with Gasteiger partial charge in [0, 0.05) is 17.6 Å². The van der Waals surface area contributed by atoms with Crippen LogP contribution in [0.5, 0.6) is 0 Å². The summed E-state index contributed by atoms with van der Waals surface area (Å²) in [6.45, 7) is 6.95. The minimum atomic E-state index is -0.299. The highest BCUT2D eigenvalue weighted by Gasteiger charge is 2.42. The Morgan fingerprint density at radius 2 is 1.89 bits per heavy atom. The van der Waals surface area contributed by atoms with Gasteiger partial charge in [-0.1, -0.05) is 20.8 Å². The van der Waals surface area contributed by atoms with Gasteiger partial charge in [0.25, 0.3) is 0 Å². The SMILES string of the molecule is CC(C)C1(C)CCCN(c2ccc(F)cc2)C1=O. The van der Waals surface area contributed by atoms with Crippen LogP contribution < -0.4 is 4.90 Å². The van der Waals surface area contributed by atoms with Crippen molar-refractivity contribution in [1.82, 2.24) is 0 Å². The van der Waals surface area contributed by atoms with Crippen LogP contribution in [0.15, 0.2) is 24.3 Å². The van der Waals surface area contributed by atoms with Crippen molar-refractivity contribution in [2.45, 2.75) is 33.6 Å². The molecule has 0 bridgehead atoms. The summed E-state index contributed by atoms with van der Waals surface area (Å²) in [7, 11) is 0. The number of hydrogen-bond donors (Lipinski definition) is 0. The Balaban J connectivity index is 2.29. The third-order valence-corrected chi connectivity index (χ3v) is 4.22. The lowest BCUT2D eigenvalue weighted by atomic mass is 9.72. The fourth-order valence-electron chi connectivity index (χ4n) is 2.52. The normalized spacial score (nSPS) is 24.7. The standard InChI is InChI=1S/C15H20FNO/c1-11(2)15(3)9-4-10-17(14(15)18)13-7-5-12(16)6-8-13/h5-8,11H,4,9-10H2,1-3H3. The fraction of sp³-hybridized carbons (Fsp3) is 0.533. The number of amides is 1. The molecule has 0 saturated carbocycles. The second-order valence-corrected chi connectivity index (χ2v) is 5.61. The molecule has 0 spiro atoms. The van der Waals surface area contributed by atoms with E-state index < -0.39 is 0 Å². The van der Waals surface area contributed by atoms with Gasteiger partial charge < -0.3 is 4.90 Å². The van der Waals surface area contributed by atoms with Crippen LogP contribution in [-0.2, 0) is 4.79 Å². The van der Waals surface area contributed by atoms with Crippen molar-refractivity contribution in [3.63, 3.8) is 0 Å². The van der Waals surface area contributed by atoms with E-state index in [0.29, 0.717) is 5.92 Å². The zero-order valence-electron chi connectivity index (χ0n) is 11.2. The Hall–Kier alpha value is -1.38. The molecule has 0 N–H and O–H groups in total. The molecule has 3 heteroatoms. The number of anilines is 1. The minimum Gasteiger partial charge on any atom is -0.312 e. The van der Waals surface area contributed by atoms with E-state index in [2.05, 4.69) is 13.8 Å². The number of carbonyl (C=O) groups is 1. The molecule has 1 aromatic carbocycles. The van der Waals surface area contributed by atoms with E-state index in [1.807, 2.05) is 6.92 Å². The number of piperidine rings is 1. The molecule has 1 aromatic rings. The summed E-state index contributed by atoms with van der Waals surface area (Å²) >= 11 is 0. The molecule has 1 atom stereocenters. The van der Waals surface area contributed by atoms with Crippen LogP contribution in [0.25, 0.3) is 0 Å². The first kappa shape index (κ1) is 13.1. The summed E-state index contributed by atoms with van der Waals surface area (Å²) in [5, 5.41) is 0. The summed E-state index contributed by atoms with van der Waals surface area (Å²) in [6.07, 6.45) is 1.93. The largest absolute Gasteiger partial charge is 0.312 e. The van der Waals surface area contributed by atoms with E-state index >= 15 is 0 Å². The molecular weight excluding hydrogens is 229 g/mol. The average Bonchev–Trinajstić information content (AvgIpc) is 2.34. The maximum absolute atomic E-state index is 12.9. The van der Waals surface area contributed by atoms with Crippen molar-refractivity contribution in [1.29, 1.82) is 0 Å². The van der Waals surface area contributed by atoms with Crippen molar-refractivity contribution < 1.29 is 9.18 Å². The maximum Gasteiger partial charge on any atom is 0.233 e. The molecule has 1 unspecified atom stereocenters. The number of benzene rings is 1. The number of halogens is 1.